The molecule has 0 saturated heterocycles. The van der Waals surface area contributed by atoms with Crippen molar-refractivity contribution in [3.05, 3.63) is 83.9 Å². The van der Waals surface area contributed by atoms with E-state index in [1.807, 2.05) is 48.5 Å². The SMILES string of the molecule is Cc1ccccc1CNc1nc(-c2ccccc2O)nc2ccccc12. The van der Waals surface area contributed by atoms with Gasteiger partial charge in [-0.05, 0) is 42.3 Å². The number of nitrogens with one attached hydrogen (secondary N) is 1. The molecular formula is C22H19N3O. The van der Waals surface area contributed by atoms with Crippen LogP contribution in [0.4, 0.5) is 5.82 Å². The fourth-order valence-electron chi connectivity index (χ4n) is 2.98. The van der Waals surface area contributed by atoms with Crippen molar-refractivity contribution in [1.82, 2.24) is 9.97 Å². The predicted octanol–water partition coefficient (Wildman–Crippen LogP) is 4.92. The number of fused-ring (bicyclic) bond motifs is 1. The van der Waals surface area contributed by atoms with E-state index in [9.17, 15) is 5.11 Å². The highest BCUT2D eigenvalue weighted by atomic mass is 16.3. The highest BCUT2D eigenvalue weighted by molar-refractivity contribution is 5.90. The molecule has 0 aliphatic carbocycles. The van der Waals surface area contributed by atoms with Crippen LogP contribution in [0.3, 0.4) is 0 Å². The summed E-state index contributed by atoms with van der Waals surface area (Å²) in [4.78, 5) is 9.32. The number of aromatic hydroxyl groups is 1. The number of benzene rings is 3. The number of rotatable bonds is 4. The highest BCUT2D eigenvalue weighted by Gasteiger charge is 2.12. The number of aromatic nitrogens is 2. The van der Waals surface area contributed by atoms with Gasteiger partial charge in [0.05, 0.1) is 11.1 Å². The van der Waals surface area contributed by atoms with E-state index < -0.39 is 0 Å². The van der Waals surface area contributed by atoms with Gasteiger partial charge in [-0.3, -0.25) is 0 Å². The normalized spacial score (nSPS) is 10.8. The molecule has 1 aromatic heterocycles. The number of hydrogen-bond acceptors (Lipinski definition) is 4. The molecule has 1 heterocycles. The van der Waals surface area contributed by atoms with E-state index in [0.717, 1.165) is 16.7 Å². The molecule has 26 heavy (non-hydrogen) atoms. The summed E-state index contributed by atoms with van der Waals surface area (Å²) in [6, 6.07) is 23.3. The van der Waals surface area contributed by atoms with Gasteiger partial charge in [-0.15, -0.1) is 0 Å². The van der Waals surface area contributed by atoms with Crippen molar-refractivity contribution in [2.75, 3.05) is 5.32 Å². The van der Waals surface area contributed by atoms with Gasteiger partial charge in [0.1, 0.15) is 11.6 Å². The molecular weight excluding hydrogens is 322 g/mol. The Morgan fingerprint density at radius 3 is 2.42 bits per heavy atom. The summed E-state index contributed by atoms with van der Waals surface area (Å²) in [5, 5.41) is 14.6. The maximum absolute atomic E-state index is 10.2. The molecule has 4 aromatic rings. The van der Waals surface area contributed by atoms with Gasteiger partial charge in [-0.25, -0.2) is 9.97 Å². The van der Waals surface area contributed by atoms with Crippen molar-refractivity contribution in [1.29, 1.82) is 0 Å². The quantitative estimate of drug-likeness (QED) is 0.553. The fraction of sp³-hybridized carbons (Fsp3) is 0.0909. The van der Waals surface area contributed by atoms with Crippen LogP contribution in [0.5, 0.6) is 5.75 Å². The lowest BCUT2D eigenvalue weighted by Gasteiger charge is -2.12. The van der Waals surface area contributed by atoms with E-state index >= 15 is 0 Å². The van der Waals surface area contributed by atoms with Gasteiger partial charge >= 0.3 is 0 Å². The lowest BCUT2D eigenvalue weighted by Crippen LogP contribution is -2.05. The monoisotopic (exact) mass is 341 g/mol. The van der Waals surface area contributed by atoms with E-state index in [2.05, 4.69) is 29.4 Å². The van der Waals surface area contributed by atoms with Crippen LogP contribution in [0, 0.1) is 6.92 Å². The maximum atomic E-state index is 10.2. The zero-order chi connectivity index (χ0) is 17.9. The zero-order valence-electron chi connectivity index (χ0n) is 14.5. The summed E-state index contributed by atoms with van der Waals surface area (Å²) in [6.07, 6.45) is 0. The number of nitrogens with zero attached hydrogens (tertiary/aromatic N) is 2. The van der Waals surface area contributed by atoms with Gasteiger partial charge in [0.2, 0.25) is 0 Å². The molecule has 0 unspecified atom stereocenters. The Hall–Kier alpha value is -3.40. The first-order valence-corrected chi connectivity index (χ1v) is 8.56. The van der Waals surface area contributed by atoms with Crippen molar-refractivity contribution in [3.63, 3.8) is 0 Å². The van der Waals surface area contributed by atoms with Crippen molar-refractivity contribution in [2.24, 2.45) is 0 Å². The Morgan fingerprint density at radius 2 is 1.58 bits per heavy atom. The predicted molar refractivity (Wildman–Crippen MR) is 105 cm³/mol. The van der Waals surface area contributed by atoms with Crippen LogP contribution in [-0.2, 0) is 6.54 Å². The summed E-state index contributed by atoms with van der Waals surface area (Å²) < 4.78 is 0. The molecule has 0 amide bonds. The number of phenols is 1. The van der Waals surface area contributed by atoms with Crippen molar-refractivity contribution < 1.29 is 5.11 Å². The second kappa shape index (κ2) is 6.84. The average molecular weight is 341 g/mol. The fourth-order valence-corrected chi connectivity index (χ4v) is 2.98. The molecule has 4 nitrogen and oxygen atoms in total. The Labute approximate surface area is 152 Å². The van der Waals surface area contributed by atoms with Crippen LogP contribution in [0.25, 0.3) is 22.3 Å². The number of hydrogen-bond donors (Lipinski definition) is 2. The first kappa shape index (κ1) is 16.1. The third-order valence-corrected chi connectivity index (χ3v) is 4.46. The van der Waals surface area contributed by atoms with Gasteiger partial charge in [0.25, 0.3) is 0 Å². The molecule has 4 rings (SSSR count). The molecule has 0 spiro atoms. The first-order valence-electron chi connectivity index (χ1n) is 8.56. The second-order valence-electron chi connectivity index (χ2n) is 6.21. The Balaban J connectivity index is 1.78. The zero-order valence-corrected chi connectivity index (χ0v) is 14.5. The molecule has 0 radical (unpaired) electrons. The third kappa shape index (κ3) is 3.09. The molecule has 0 atom stereocenters. The lowest BCUT2D eigenvalue weighted by molar-refractivity contribution is 0.477. The summed E-state index contributed by atoms with van der Waals surface area (Å²) >= 11 is 0. The first-order chi connectivity index (χ1) is 12.7. The lowest BCUT2D eigenvalue weighted by atomic mass is 10.1. The second-order valence-corrected chi connectivity index (χ2v) is 6.21. The summed E-state index contributed by atoms with van der Waals surface area (Å²) in [5.74, 6) is 1.44. The van der Waals surface area contributed by atoms with Crippen LogP contribution in [0.2, 0.25) is 0 Å². The van der Waals surface area contributed by atoms with Crippen molar-refractivity contribution >= 4 is 16.7 Å². The van der Waals surface area contributed by atoms with Gasteiger partial charge in [0, 0.05) is 11.9 Å². The Bertz CT molecular complexity index is 1080. The van der Waals surface area contributed by atoms with E-state index in [0.29, 0.717) is 17.9 Å². The summed E-state index contributed by atoms with van der Waals surface area (Å²) in [7, 11) is 0. The van der Waals surface area contributed by atoms with E-state index in [-0.39, 0.29) is 5.75 Å². The van der Waals surface area contributed by atoms with Gasteiger partial charge < -0.3 is 10.4 Å². The van der Waals surface area contributed by atoms with Crippen LogP contribution >= 0.6 is 0 Å². The van der Waals surface area contributed by atoms with Crippen molar-refractivity contribution in [3.8, 4) is 17.1 Å². The minimum absolute atomic E-state index is 0.174. The molecule has 0 aliphatic rings. The Kier molecular flexibility index (Phi) is 4.23. The Morgan fingerprint density at radius 1 is 0.846 bits per heavy atom. The van der Waals surface area contributed by atoms with Crippen LogP contribution in [0.1, 0.15) is 11.1 Å². The molecule has 0 saturated carbocycles. The van der Waals surface area contributed by atoms with Crippen molar-refractivity contribution in [2.45, 2.75) is 13.5 Å². The number of aryl methyl sites for hydroxylation is 1. The maximum Gasteiger partial charge on any atom is 0.165 e. The van der Waals surface area contributed by atoms with Gasteiger partial charge in [-0.1, -0.05) is 48.5 Å². The minimum Gasteiger partial charge on any atom is -0.507 e. The largest absolute Gasteiger partial charge is 0.507 e. The standard InChI is InChI=1S/C22H19N3O/c1-15-8-2-3-9-16(15)14-23-21-17-10-4-6-12-19(17)24-22(25-21)18-11-5-7-13-20(18)26/h2-13,26H,14H2,1H3,(H,23,24,25). The van der Waals surface area contributed by atoms with Crippen LogP contribution in [0.15, 0.2) is 72.8 Å². The molecule has 128 valence electrons. The smallest absolute Gasteiger partial charge is 0.165 e. The topological polar surface area (TPSA) is 58.0 Å². The molecule has 3 aromatic carbocycles. The number of para-hydroxylation sites is 2. The molecule has 4 heteroatoms. The van der Waals surface area contributed by atoms with E-state index in [1.54, 1.807) is 12.1 Å². The highest BCUT2D eigenvalue weighted by Crippen LogP contribution is 2.30. The number of anilines is 1. The molecule has 2 N–H and O–H groups in total. The van der Waals surface area contributed by atoms with E-state index in [4.69, 9.17) is 4.98 Å². The van der Waals surface area contributed by atoms with E-state index in [1.165, 1.54) is 11.1 Å². The molecule has 0 bridgehead atoms. The van der Waals surface area contributed by atoms with Crippen LogP contribution in [-0.4, -0.2) is 15.1 Å². The molecule has 0 aliphatic heterocycles. The third-order valence-electron chi connectivity index (χ3n) is 4.46. The molecule has 0 fully saturated rings. The van der Waals surface area contributed by atoms with Gasteiger partial charge in [-0.2, -0.15) is 0 Å². The average Bonchev–Trinajstić information content (AvgIpc) is 2.67. The summed E-state index contributed by atoms with van der Waals surface area (Å²) in [6.45, 7) is 2.77. The summed E-state index contributed by atoms with van der Waals surface area (Å²) in [5.41, 5.74) is 3.92. The van der Waals surface area contributed by atoms with Crippen LogP contribution < -0.4 is 5.32 Å². The minimum atomic E-state index is 0.174. The number of phenolic OH excluding ortho intramolecular Hbond substituents is 1. The van der Waals surface area contributed by atoms with Gasteiger partial charge in [0.15, 0.2) is 5.82 Å².